The van der Waals surface area contributed by atoms with Gasteiger partial charge in [-0.25, -0.2) is 0 Å². The zero-order chi connectivity index (χ0) is 12.3. The maximum Gasteiger partial charge on any atom is 0.309 e. The quantitative estimate of drug-likeness (QED) is 0.546. The van der Waals surface area contributed by atoms with Gasteiger partial charge in [0.15, 0.2) is 0 Å². The van der Waals surface area contributed by atoms with Crippen LogP contribution in [0.2, 0.25) is 0 Å². The molecule has 1 aliphatic rings. The summed E-state index contributed by atoms with van der Waals surface area (Å²) in [6, 6.07) is 0. The maximum absolute atomic E-state index is 11.8. The number of carbonyl (C=O) groups excluding carboxylic acids is 2. The summed E-state index contributed by atoms with van der Waals surface area (Å²) in [5.74, 6) is -0.608. The second-order valence-corrected chi connectivity index (χ2v) is 4.54. The highest BCUT2D eigenvalue weighted by atomic mass is 16.5. The zero-order valence-electron chi connectivity index (χ0n) is 10.5. The predicted octanol–water partition coefficient (Wildman–Crippen LogP) is 2.50. The van der Waals surface area contributed by atoms with Crippen LogP contribution < -0.4 is 0 Å². The van der Waals surface area contributed by atoms with Crippen LogP contribution in [-0.2, 0) is 14.3 Å². The monoisotopic (exact) mass is 224 g/mol. The van der Waals surface area contributed by atoms with Gasteiger partial charge in [0.1, 0.15) is 5.78 Å². The fourth-order valence-electron chi connectivity index (χ4n) is 2.22. The average Bonchev–Trinajstić information content (AvgIpc) is 2.21. The van der Waals surface area contributed by atoms with Crippen LogP contribution in [0.3, 0.4) is 0 Å². The summed E-state index contributed by atoms with van der Waals surface area (Å²) < 4.78 is 5.03. The van der Waals surface area contributed by atoms with E-state index in [1.54, 1.807) is 13.8 Å². The Kier molecular flexibility index (Phi) is 4.27. The molecule has 90 valence electrons. The predicted molar refractivity (Wildman–Crippen MR) is 61.9 cm³/mol. The van der Waals surface area contributed by atoms with Crippen LogP contribution >= 0.6 is 0 Å². The van der Waals surface area contributed by atoms with Gasteiger partial charge in [-0.3, -0.25) is 9.59 Å². The molecule has 0 saturated heterocycles. The van der Waals surface area contributed by atoms with E-state index in [4.69, 9.17) is 4.74 Å². The molecule has 0 unspecified atom stereocenters. The van der Waals surface area contributed by atoms with Crippen molar-refractivity contribution in [2.24, 2.45) is 11.8 Å². The summed E-state index contributed by atoms with van der Waals surface area (Å²) in [5, 5.41) is 0. The normalized spacial score (nSPS) is 25.5. The first kappa shape index (κ1) is 12.9. The highest BCUT2D eigenvalue weighted by Crippen LogP contribution is 2.35. The van der Waals surface area contributed by atoms with Crippen molar-refractivity contribution in [3.8, 4) is 0 Å². The first-order chi connectivity index (χ1) is 7.47. The lowest BCUT2D eigenvalue weighted by Gasteiger charge is -2.29. The number of allylic oxidation sites excluding steroid dienone is 2. The minimum absolute atomic E-state index is 0.0879. The summed E-state index contributed by atoms with van der Waals surface area (Å²) in [6.07, 6.45) is 1.36. The Morgan fingerprint density at radius 3 is 2.12 bits per heavy atom. The number of Topliss-reactive ketones (excluding diaryl/α,β-unsaturated/α-hetero) is 1. The fraction of sp³-hybridized carbons (Fsp3) is 0.692. The fourth-order valence-corrected chi connectivity index (χ4v) is 2.22. The molecule has 0 aromatic rings. The summed E-state index contributed by atoms with van der Waals surface area (Å²) >= 11 is 0. The molecule has 0 heterocycles. The summed E-state index contributed by atoms with van der Waals surface area (Å²) in [6.45, 7) is 7.79. The molecule has 1 aliphatic carbocycles. The van der Waals surface area contributed by atoms with E-state index >= 15 is 0 Å². The van der Waals surface area contributed by atoms with Gasteiger partial charge in [-0.1, -0.05) is 11.1 Å². The van der Waals surface area contributed by atoms with Crippen LogP contribution in [0.1, 0.15) is 40.5 Å². The van der Waals surface area contributed by atoms with Gasteiger partial charge in [-0.05, 0) is 40.5 Å². The van der Waals surface area contributed by atoms with Gasteiger partial charge in [0.2, 0.25) is 0 Å². The van der Waals surface area contributed by atoms with Crippen LogP contribution in [-0.4, -0.2) is 18.4 Å². The van der Waals surface area contributed by atoms with Gasteiger partial charge in [-0.15, -0.1) is 0 Å². The molecule has 3 nitrogen and oxygen atoms in total. The van der Waals surface area contributed by atoms with E-state index in [2.05, 4.69) is 0 Å². The molecule has 2 atom stereocenters. The molecule has 0 radical (unpaired) electrons. The molecule has 16 heavy (non-hydrogen) atoms. The minimum atomic E-state index is -0.277. The zero-order valence-corrected chi connectivity index (χ0v) is 10.5. The first-order valence-electron chi connectivity index (χ1n) is 5.79. The van der Waals surface area contributed by atoms with Gasteiger partial charge in [-0.2, -0.15) is 0 Å². The van der Waals surface area contributed by atoms with Crippen LogP contribution in [0.15, 0.2) is 11.1 Å². The van der Waals surface area contributed by atoms with E-state index in [1.807, 2.05) is 13.8 Å². The van der Waals surface area contributed by atoms with Crippen molar-refractivity contribution >= 4 is 11.8 Å². The smallest absolute Gasteiger partial charge is 0.309 e. The molecule has 0 amide bonds. The Labute approximate surface area is 96.9 Å². The number of hydrogen-bond acceptors (Lipinski definition) is 3. The number of rotatable bonds is 3. The lowest BCUT2D eigenvalue weighted by molar-refractivity contribution is -0.152. The average molecular weight is 224 g/mol. The Hall–Kier alpha value is -1.12. The number of ketones is 1. The Balaban J connectivity index is 2.88. The molecular formula is C13H20O3. The topological polar surface area (TPSA) is 43.4 Å². The molecule has 1 rings (SSSR count). The van der Waals surface area contributed by atoms with Crippen molar-refractivity contribution in [3.63, 3.8) is 0 Å². The second kappa shape index (κ2) is 5.28. The molecule has 0 spiro atoms. The van der Waals surface area contributed by atoms with Crippen molar-refractivity contribution < 1.29 is 14.3 Å². The Bertz CT molecular complexity index is 328. The molecule has 0 aromatic carbocycles. The highest BCUT2D eigenvalue weighted by molar-refractivity contribution is 5.86. The number of hydrogen-bond donors (Lipinski definition) is 0. The van der Waals surface area contributed by atoms with Crippen molar-refractivity contribution in [1.82, 2.24) is 0 Å². The van der Waals surface area contributed by atoms with Gasteiger partial charge < -0.3 is 4.74 Å². The SMILES string of the molecule is CCOC(=O)[C@@H]1CC(C)=C(C)C[C@H]1C(C)=O. The second-order valence-electron chi connectivity index (χ2n) is 4.54. The van der Waals surface area contributed by atoms with Gasteiger partial charge >= 0.3 is 5.97 Å². The van der Waals surface area contributed by atoms with Crippen LogP contribution in [0.5, 0.6) is 0 Å². The highest BCUT2D eigenvalue weighted by Gasteiger charge is 2.36. The van der Waals surface area contributed by atoms with Gasteiger partial charge in [0, 0.05) is 5.92 Å². The lowest BCUT2D eigenvalue weighted by atomic mass is 9.75. The van der Waals surface area contributed by atoms with Crippen LogP contribution in [0.25, 0.3) is 0 Å². The lowest BCUT2D eigenvalue weighted by Crippen LogP contribution is -2.33. The Morgan fingerprint density at radius 2 is 1.69 bits per heavy atom. The third kappa shape index (κ3) is 2.71. The molecule has 0 aromatic heterocycles. The first-order valence-corrected chi connectivity index (χ1v) is 5.79. The Morgan fingerprint density at radius 1 is 1.19 bits per heavy atom. The standard InChI is InChI=1S/C13H20O3/c1-5-16-13(15)12-7-9(3)8(2)6-11(12)10(4)14/h11-12H,5-7H2,1-4H3/t11-,12+/m0/s1. The van der Waals surface area contributed by atoms with E-state index in [-0.39, 0.29) is 23.6 Å². The maximum atomic E-state index is 11.8. The van der Waals surface area contributed by atoms with Gasteiger partial charge in [0.25, 0.3) is 0 Å². The molecular weight excluding hydrogens is 204 g/mol. The van der Waals surface area contributed by atoms with E-state index in [1.165, 1.54) is 11.1 Å². The molecule has 3 heteroatoms. The molecule has 0 aliphatic heterocycles. The summed E-state index contributed by atoms with van der Waals surface area (Å²) in [4.78, 5) is 23.3. The molecule has 0 saturated carbocycles. The third-order valence-corrected chi connectivity index (χ3v) is 3.38. The van der Waals surface area contributed by atoms with E-state index in [9.17, 15) is 9.59 Å². The van der Waals surface area contributed by atoms with Gasteiger partial charge in [0.05, 0.1) is 12.5 Å². The van der Waals surface area contributed by atoms with Crippen molar-refractivity contribution in [1.29, 1.82) is 0 Å². The number of ether oxygens (including phenoxy) is 1. The number of carbonyl (C=O) groups is 2. The summed E-state index contributed by atoms with van der Waals surface area (Å²) in [5.41, 5.74) is 2.45. The van der Waals surface area contributed by atoms with E-state index in [0.717, 1.165) is 0 Å². The van der Waals surface area contributed by atoms with Crippen LogP contribution in [0, 0.1) is 11.8 Å². The van der Waals surface area contributed by atoms with E-state index < -0.39 is 0 Å². The summed E-state index contributed by atoms with van der Waals surface area (Å²) in [7, 11) is 0. The third-order valence-electron chi connectivity index (χ3n) is 3.38. The largest absolute Gasteiger partial charge is 0.466 e. The van der Waals surface area contributed by atoms with Crippen LogP contribution in [0.4, 0.5) is 0 Å². The molecule has 0 N–H and O–H groups in total. The van der Waals surface area contributed by atoms with Crippen molar-refractivity contribution in [2.75, 3.05) is 6.61 Å². The number of esters is 1. The van der Waals surface area contributed by atoms with E-state index in [0.29, 0.717) is 19.4 Å². The van der Waals surface area contributed by atoms with Crippen molar-refractivity contribution in [3.05, 3.63) is 11.1 Å². The minimum Gasteiger partial charge on any atom is -0.466 e. The molecule has 0 bridgehead atoms. The van der Waals surface area contributed by atoms with Crippen molar-refractivity contribution in [2.45, 2.75) is 40.5 Å². The molecule has 0 fully saturated rings.